The summed E-state index contributed by atoms with van der Waals surface area (Å²) >= 11 is 0. The second kappa shape index (κ2) is 22.6. The summed E-state index contributed by atoms with van der Waals surface area (Å²) in [5.41, 5.74) is -1.79. The van der Waals surface area contributed by atoms with Gasteiger partial charge in [0, 0.05) is 30.5 Å². The van der Waals surface area contributed by atoms with Crippen LogP contribution in [0.15, 0.2) is 106 Å². The van der Waals surface area contributed by atoms with Crippen LogP contribution >= 0.6 is 7.82 Å². The highest BCUT2D eigenvalue weighted by atomic mass is 31.2. The summed E-state index contributed by atoms with van der Waals surface area (Å²) in [6.07, 6.45) is -5.65. The second-order valence-electron chi connectivity index (χ2n) is 19.7. The van der Waals surface area contributed by atoms with Crippen molar-refractivity contribution in [2.24, 2.45) is 11.3 Å². The molecule has 8 atom stereocenters. The second-order valence-corrected chi connectivity index (χ2v) is 21.3. The number of H-pyrrole nitrogens is 2. The monoisotopic (exact) mass is 1050 g/mol. The van der Waals surface area contributed by atoms with Crippen LogP contribution in [0, 0.1) is 29.6 Å². The van der Waals surface area contributed by atoms with Gasteiger partial charge in [-0.25, -0.2) is 14.3 Å². The number of aromatic amines is 2. The first-order valence-corrected chi connectivity index (χ1v) is 25.8. The van der Waals surface area contributed by atoms with E-state index in [0.29, 0.717) is 22.6 Å². The van der Waals surface area contributed by atoms with Crippen molar-refractivity contribution in [1.82, 2.24) is 29.1 Å². The molecule has 6 aromatic rings. The molecule has 75 heavy (non-hydrogen) atoms. The van der Waals surface area contributed by atoms with Crippen LogP contribution in [-0.2, 0) is 42.7 Å². The number of aromatic nitrogens is 6. The number of imidazole rings is 1. The van der Waals surface area contributed by atoms with Crippen molar-refractivity contribution in [3.8, 4) is 17.6 Å². The summed E-state index contributed by atoms with van der Waals surface area (Å²) in [5, 5.41) is 24.0. The Morgan fingerprint density at radius 2 is 1.49 bits per heavy atom. The van der Waals surface area contributed by atoms with Gasteiger partial charge in [-0.1, -0.05) is 89.2 Å². The molecule has 2 fully saturated rings. The normalized spacial score (nSPS) is 21.2. The first-order valence-electron chi connectivity index (χ1n) is 24.3. The van der Waals surface area contributed by atoms with Crippen LogP contribution in [0.3, 0.4) is 0 Å². The van der Waals surface area contributed by atoms with Gasteiger partial charge in [0.15, 0.2) is 11.2 Å². The number of methoxy groups -OCH3 is 2. The van der Waals surface area contributed by atoms with Gasteiger partial charge < -0.3 is 28.8 Å². The molecule has 8 rings (SSSR count). The van der Waals surface area contributed by atoms with Crippen molar-refractivity contribution < 1.29 is 51.7 Å². The average Bonchev–Trinajstić information content (AvgIpc) is 4.11. The average molecular weight is 1050 g/mol. The lowest BCUT2D eigenvalue weighted by atomic mass is 9.80. The maximum Gasteiger partial charge on any atom is 0.475 e. The fourth-order valence-electron chi connectivity index (χ4n) is 8.86. The van der Waals surface area contributed by atoms with E-state index in [4.69, 9.17) is 37.3 Å². The van der Waals surface area contributed by atoms with E-state index >= 15 is 4.57 Å². The number of aryl methyl sites for hydroxylation is 1. The summed E-state index contributed by atoms with van der Waals surface area (Å²) in [7, 11) is -1.76. The molecule has 0 aliphatic carbocycles. The molecule has 2 unspecified atom stereocenters. The summed E-state index contributed by atoms with van der Waals surface area (Å²) in [5.74, 6) is 0.304. The summed E-state index contributed by atoms with van der Waals surface area (Å²) < 4.78 is 68.4. The van der Waals surface area contributed by atoms with Crippen LogP contribution in [0.25, 0.3) is 11.2 Å². The third-order valence-corrected chi connectivity index (χ3v) is 14.7. The van der Waals surface area contributed by atoms with Gasteiger partial charge in [0.1, 0.15) is 47.9 Å². The predicted molar refractivity (Wildman–Crippen MR) is 272 cm³/mol. The molecule has 4 N–H and O–H groups in total. The third kappa shape index (κ3) is 11.9. The van der Waals surface area contributed by atoms with Crippen molar-refractivity contribution in [3.63, 3.8) is 0 Å². The van der Waals surface area contributed by atoms with Crippen LogP contribution in [-0.4, -0.2) is 98.0 Å². The van der Waals surface area contributed by atoms with Gasteiger partial charge in [0.25, 0.3) is 11.1 Å². The first-order chi connectivity index (χ1) is 35.7. The van der Waals surface area contributed by atoms with Crippen molar-refractivity contribution in [2.45, 2.75) is 109 Å². The molecule has 2 saturated heterocycles. The molecular weight excluding hydrogens is 992 g/mol. The standard InChI is InChI=1S/C52H61N8O14P/c1-30(2)46(62)56-49-55-45-44(48(64)57-49)54-29-60(45)42-24-37(61)39(71-42)28-70-75(66,74-41(22-23-53)51(4,5)6)73-38-25-43(59-26-31(3)47(63)58-50(59)65)72-40(38)27-69-52(32-12-10-9-11-13-32,33-14-18-35(67-7)19-15-33)34-16-20-36(68-8)21-17-34/h9-21,26,29-30,37-43,61H,22,24-25,27-28H2,1-8H3,(H,58,63,65)(H2,55,56,57,62,64)/t37-,38-,39+,40+,41?,42+,43+,75?/m0/s1. The number of nitrogens with one attached hydrogen (secondary N) is 3. The molecule has 0 radical (unpaired) electrons. The Kier molecular flexibility index (Phi) is 16.4. The molecule has 3 aromatic carbocycles. The van der Waals surface area contributed by atoms with Gasteiger partial charge >= 0.3 is 13.5 Å². The lowest BCUT2D eigenvalue weighted by Gasteiger charge is -2.37. The van der Waals surface area contributed by atoms with Crippen molar-refractivity contribution in [3.05, 3.63) is 145 Å². The number of phosphoric ester groups is 1. The summed E-state index contributed by atoms with van der Waals surface area (Å²) in [6, 6.07) is 26.3. The molecule has 0 spiro atoms. The molecule has 23 heteroatoms. The topological polar surface area (TPSA) is 282 Å². The van der Waals surface area contributed by atoms with E-state index in [1.165, 1.54) is 28.6 Å². The summed E-state index contributed by atoms with van der Waals surface area (Å²) in [4.78, 5) is 64.9. The maximum atomic E-state index is 15.6. The van der Waals surface area contributed by atoms with Gasteiger partial charge in [-0.2, -0.15) is 10.2 Å². The lowest BCUT2D eigenvalue weighted by molar-refractivity contribution is -0.118. The molecular formula is C52H61N8O14P. The number of aliphatic hydroxyl groups is 1. The SMILES string of the molecule is COc1ccc(C(OC[C@H]2O[C@@H](n3cc(C)c(=O)[nH]c3=O)C[C@@H]2OP(=O)(OC[C@H]2O[C@@H](n3cnc4c(=O)[nH]c(NC(=O)C(C)C)nc43)C[C@@H]2O)OC(CC#N)C(C)(C)C)(c2ccccc2)c2ccc(OC)cc2)cc1. The smallest absolute Gasteiger partial charge is 0.475 e. The van der Waals surface area contributed by atoms with Gasteiger partial charge in [0.05, 0.1) is 58.5 Å². The van der Waals surface area contributed by atoms with Gasteiger partial charge in [-0.3, -0.25) is 52.4 Å². The number of carbonyl (C=O) groups is 1. The number of fused-ring (bicyclic) bond motifs is 1. The van der Waals surface area contributed by atoms with Crippen molar-refractivity contribution in [1.29, 1.82) is 5.26 Å². The van der Waals surface area contributed by atoms with Gasteiger partial charge in [-0.15, -0.1) is 0 Å². The number of nitriles is 1. The van der Waals surface area contributed by atoms with Crippen LogP contribution < -0.4 is 31.6 Å². The van der Waals surface area contributed by atoms with E-state index in [0.717, 1.165) is 5.56 Å². The molecule has 3 aromatic heterocycles. The highest BCUT2D eigenvalue weighted by Crippen LogP contribution is 2.57. The number of amides is 1. The van der Waals surface area contributed by atoms with E-state index in [9.17, 15) is 29.5 Å². The van der Waals surface area contributed by atoms with Crippen LogP contribution in [0.5, 0.6) is 11.5 Å². The zero-order valence-corrected chi connectivity index (χ0v) is 43.6. The minimum Gasteiger partial charge on any atom is -0.497 e. The Morgan fingerprint density at radius 3 is 2.09 bits per heavy atom. The molecule has 1 amide bonds. The first kappa shape index (κ1) is 54.5. The van der Waals surface area contributed by atoms with Crippen LogP contribution in [0.1, 0.15) is 88.6 Å². The molecule has 398 valence electrons. The fraction of sp³-hybridized carbons (Fsp3) is 0.442. The Labute approximate surface area is 431 Å². The number of carbonyl (C=O) groups excluding carboxylic acids is 1. The maximum absolute atomic E-state index is 15.6. The third-order valence-electron chi connectivity index (χ3n) is 13.1. The minimum atomic E-state index is -4.89. The van der Waals surface area contributed by atoms with E-state index in [2.05, 4.69) is 31.3 Å². The number of phosphoric acid groups is 1. The highest BCUT2D eigenvalue weighted by Gasteiger charge is 2.49. The number of hydrogen-bond donors (Lipinski definition) is 4. The number of rotatable bonds is 20. The Morgan fingerprint density at radius 1 is 0.880 bits per heavy atom. The zero-order chi connectivity index (χ0) is 53.8. The number of ether oxygens (including phenoxy) is 5. The van der Waals surface area contributed by atoms with Crippen molar-refractivity contribution >= 4 is 30.8 Å². The van der Waals surface area contributed by atoms with Crippen LogP contribution in [0.2, 0.25) is 0 Å². The number of nitrogens with zero attached hydrogens (tertiary/aromatic N) is 5. The minimum absolute atomic E-state index is 0.0451. The van der Waals surface area contributed by atoms with Gasteiger partial charge in [0.2, 0.25) is 11.9 Å². The largest absolute Gasteiger partial charge is 0.497 e. The summed E-state index contributed by atoms with van der Waals surface area (Å²) in [6.45, 7) is 9.42. The molecule has 0 bridgehead atoms. The number of hydrogen-bond acceptors (Lipinski definition) is 17. The Balaban J connectivity index is 1.15. The van der Waals surface area contributed by atoms with E-state index < -0.39 is 91.1 Å². The molecule has 0 saturated carbocycles. The highest BCUT2D eigenvalue weighted by molar-refractivity contribution is 7.48. The lowest BCUT2D eigenvalue weighted by Crippen LogP contribution is -2.39. The molecule has 2 aliphatic heterocycles. The van der Waals surface area contributed by atoms with E-state index in [1.54, 1.807) is 48.8 Å². The molecule has 2 aliphatic rings. The number of benzene rings is 3. The van der Waals surface area contributed by atoms with Crippen molar-refractivity contribution in [2.75, 3.05) is 32.8 Å². The van der Waals surface area contributed by atoms with E-state index in [-0.39, 0.29) is 54.5 Å². The fourth-order valence-corrected chi connectivity index (χ4v) is 10.6. The Hall–Kier alpha value is -6.80. The Bertz CT molecular complexity index is 3190. The number of aliphatic hydroxyl groups excluding tert-OH is 1. The quantitative estimate of drug-likeness (QED) is 0.0476. The van der Waals surface area contributed by atoms with E-state index in [1.807, 2.05) is 78.9 Å². The van der Waals surface area contributed by atoms with Crippen LogP contribution in [0.4, 0.5) is 5.95 Å². The predicted octanol–water partition coefficient (Wildman–Crippen LogP) is 6.39. The van der Waals surface area contributed by atoms with Gasteiger partial charge in [-0.05, 0) is 53.3 Å². The zero-order valence-electron chi connectivity index (χ0n) is 42.8. The molecule has 5 heterocycles. The molecule has 22 nitrogen and oxygen atoms in total. The number of anilines is 1.